The lowest BCUT2D eigenvalue weighted by Gasteiger charge is -2.38. The van der Waals surface area contributed by atoms with Gasteiger partial charge in [-0.25, -0.2) is 0 Å². The van der Waals surface area contributed by atoms with Crippen molar-refractivity contribution in [3.05, 3.63) is 42.5 Å². The lowest BCUT2D eigenvalue weighted by Crippen LogP contribution is -2.44. The molecule has 0 saturated carbocycles. The molecule has 0 spiro atoms. The molecule has 4 rings (SSSR count). The first-order valence-corrected chi connectivity index (χ1v) is 11.4. The molecule has 0 radical (unpaired) electrons. The number of benzene rings is 1. The van der Waals surface area contributed by atoms with Gasteiger partial charge in [0.1, 0.15) is 0 Å². The number of carbonyl (C=O) groups is 1. The number of anilines is 1. The second-order valence-electron chi connectivity index (χ2n) is 8.65. The number of rotatable bonds is 6. The molecule has 0 aromatic heterocycles. The standard InChI is InChI=1S/C24H35N3O2/c1-2-18-29-23-12-17-27(19-23)22-10-15-25(16-11-22)21-8-6-20(7-9-21)24(28)26-13-4-3-5-14-26/h2,6-9,22-23H,1,3-5,10-19H2/t23-/m1/s1. The van der Waals surface area contributed by atoms with E-state index >= 15 is 0 Å². The average Bonchev–Trinajstić information content (AvgIpc) is 3.27. The highest BCUT2D eigenvalue weighted by atomic mass is 16.5. The van der Waals surface area contributed by atoms with E-state index in [1.54, 1.807) is 0 Å². The second-order valence-corrected chi connectivity index (χ2v) is 8.65. The highest BCUT2D eigenvalue weighted by Crippen LogP contribution is 2.26. The van der Waals surface area contributed by atoms with Gasteiger partial charge in [-0.1, -0.05) is 6.08 Å². The molecular formula is C24H35N3O2. The zero-order valence-corrected chi connectivity index (χ0v) is 17.6. The topological polar surface area (TPSA) is 36.0 Å². The second kappa shape index (κ2) is 9.77. The highest BCUT2D eigenvalue weighted by Gasteiger charge is 2.31. The first kappa shape index (κ1) is 20.4. The molecule has 1 amide bonds. The zero-order chi connectivity index (χ0) is 20.1. The number of hydrogen-bond acceptors (Lipinski definition) is 4. The van der Waals surface area contributed by atoms with Gasteiger partial charge in [-0.3, -0.25) is 9.69 Å². The molecule has 1 aromatic carbocycles. The third-order valence-corrected chi connectivity index (χ3v) is 6.73. The van der Waals surface area contributed by atoms with Crippen molar-refractivity contribution >= 4 is 11.6 Å². The number of nitrogens with zero attached hydrogens (tertiary/aromatic N) is 3. The molecule has 0 unspecified atom stereocenters. The van der Waals surface area contributed by atoms with Crippen LogP contribution in [-0.2, 0) is 4.74 Å². The molecule has 3 aliphatic heterocycles. The Balaban J connectivity index is 1.26. The Morgan fingerprint density at radius 1 is 1.00 bits per heavy atom. The molecule has 0 aliphatic carbocycles. The maximum atomic E-state index is 12.7. The molecule has 3 aliphatic rings. The number of piperidine rings is 2. The van der Waals surface area contributed by atoms with Crippen LogP contribution in [-0.4, -0.2) is 73.7 Å². The first-order chi connectivity index (χ1) is 14.2. The molecule has 1 atom stereocenters. The average molecular weight is 398 g/mol. The summed E-state index contributed by atoms with van der Waals surface area (Å²) in [5, 5.41) is 0. The van der Waals surface area contributed by atoms with E-state index in [0.29, 0.717) is 18.8 Å². The maximum Gasteiger partial charge on any atom is 0.253 e. The van der Waals surface area contributed by atoms with Gasteiger partial charge in [-0.15, -0.1) is 6.58 Å². The number of carbonyl (C=O) groups excluding carboxylic acids is 1. The number of amides is 1. The Bertz CT molecular complexity index is 676. The molecule has 158 valence electrons. The van der Waals surface area contributed by atoms with E-state index in [4.69, 9.17) is 4.74 Å². The summed E-state index contributed by atoms with van der Waals surface area (Å²) in [5.74, 6) is 0.192. The van der Waals surface area contributed by atoms with Crippen LogP contribution in [0, 0.1) is 0 Å². The van der Waals surface area contributed by atoms with E-state index < -0.39 is 0 Å². The summed E-state index contributed by atoms with van der Waals surface area (Å²) in [5.41, 5.74) is 2.07. The number of ether oxygens (including phenoxy) is 1. The summed E-state index contributed by atoms with van der Waals surface area (Å²) in [6.45, 7) is 10.6. The monoisotopic (exact) mass is 397 g/mol. The van der Waals surface area contributed by atoms with Crippen LogP contribution in [0.2, 0.25) is 0 Å². The van der Waals surface area contributed by atoms with Crippen molar-refractivity contribution in [3.63, 3.8) is 0 Å². The van der Waals surface area contributed by atoms with Crippen LogP contribution in [0.5, 0.6) is 0 Å². The maximum absolute atomic E-state index is 12.7. The Labute approximate surface area is 175 Å². The largest absolute Gasteiger partial charge is 0.373 e. The van der Waals surface area contributed by atoms with E-state index in [9.17, 15) is 4.79 Å². The highest BCUT2D eigenvalue weighted by molar-refractivity contribution is 5.94. The SMILES string of the molecule is C=CCO[C@@H]1CCN(C2CCN(c3ccc(C(=O)N4CCCCC4)cc3)CC2)C1. The summed E-state index contributed by atoms with van der Waals surface area (Å²) in [7, 11) is 0. The first-order valence-electron chi connectivity index (χ1n) is 11.4. The van der Waals surface area contributed by atoms with Crippen molar-refractivity contribution < 1.29 is 9.53 Å². The van der Waals surface area contributed by atoms with Gasteiger partial charge in [0.25, 0.3) is 5.91 Å². The lowest BCUT2D eigenvalue weighted by atomic mass is 10.0. The van der Waals surface area contributed by atoms with Gasteiger partial charge in [-0.2, -0.15) is 0 Å². The van der Waals surface area contributed by atoms with Gasteiger partial charge in [0, 0.05) is 56.6 Å². The van der Waals surface area contributed by atoms with E-state index in [0.717, 1.165) is 64.1 Å². The van der Waals surface area contributed by atoms with Gasteiger partial charge in [0.15, 0.2) is 0 Å². The van der Waals surface area contributed by atoms with Gasteiger partial charge >= 0.3 is 0 Å². The Kier molecular flexibility index (Phi) is 6.88. The van der Waals surface area contributed by atoms with Gasteiger partial charge in [0.05, 0.1) is 12.7 Å². The summed E-state index contributed by atoms with van der Waals surface area (Å²) in [4.78, 5) is 19.7. The van der Waals surface area contributed by atoms with Gasteiger partial charge < -0.3 is 14.5 Å². The van der Waals surface area contributed by atoms with Crippen LogP contribution in [0.3, 0.4) is 0 Å². The quantitative estimate of drug-likeness (QED) is 0.688. The smallest absolute Gasteiger partial charge is 0.253 e. The molecule has 3 heterocycles. The predicted molar refractivity (Wildman–Crippen MR) is 118 cm³/mol. The fraction of sp³-hybridized carbons (Fsp3) is 0.625. The van der Waals surface area contributed by atoms with Crippen LogP contribution < -0.4 is 4.90 Å². The molecule has 3 fully saturated rings. The molecule has 5 nitrogen and oxygen atoms in total. The van der Waals surface area contributed by atoms with Crippen LogP contribution in [0.4, 0.5) is 5.69 Å². The summed E-state index contributed by atoms with van der Waals surface area (Å²) >= 11 is 0. The van der Waals surface area contributed by atoms with E-state index in [1.807, 2.05) is 23.1 Å². The molecular weight excluding hydrogens is 362 g/mol. The van der Waals surface area contributed by atoms with Crippen molar-refractivity contribution in [1.82, 2.24) is 9.80 Å². The lowest BCUT2D eigenvalue weighted by molar-refractivity contribution is 0.0723. The summed E-state index contributed by atoms with van der Waals surface area (Å²) in [6, 6.07) is 8.96. The van der Waals surface area contributed by atoms with Crippen LogP contribution in [0.1, 0.15) is 48.9 Å². The van der Waals surface area contributed by atoms with Crippen molar-refractivity contribution in [3.8, 4) is 0 Å². The molecule has 1 aromatic rings. The fourth-order valence-corrected chi connectivity index (χ4v) is 5.01. The third kappa shape index (κ3) is 5.01. The molecule has 0 bridgehead atoms. The van der Waals surface area contributed by atoms with E-state index in [-0.39, 0.29) is 5.91 Å². The number of hydrogen-bond donors (Lipinski definition) is 0. The van der Waals surface area contributed by atoms with Crippen molar-refractivity contribution in [2.45, 2.75) is 50.7 Å². The van der Waals surface area contributed by atoms with E-state index in [2.05, 4.69) is 28.5 Å². The molecule has 3 saturated heterocycles. The Hall–Kier alpha value is -1.85. The molecule has 29 heavy (non-hydrogen) atoms. The summed E-state index contributed by atoms with van der Waals surface area (Å²) < 4.78 is 5.84. The Morgan fingerprint density at radius 3 is 2.41 bits per heavy atom. The fourth-order valence-electron chi connectivity index (χ4n) is 5.01. The normalized spacial score (nSPS) is 24.1. The van der Waals surface area contributed by atoms with Crippen LogP contribution in [0.15, 0.2) is 36.9 Å². The van der Waals surface area contributed by atoms with Gasteiger partial charge in [-0.05, 0) is 62.8 Å². The van der Waals surface area contributed by atoms with Crippen molar-refractivity contribution in [2.75, 3.05) is 50.8 Å². The molecule has 5 heteroatoms. The Morgan fingerprint density at radius 2 is 1.72 bits per heavy atom. The van der Waals surface area contributed by atoms with Crippen LogP contribution in [0.25, 0.3) is 0 Å². The summed E-state index contributed by atoms with van der Waals surface area (Å²) in [6.07, 6.45) is 9.26. The number of likely N-dealkylation sites (tertiary alicyclic amines) is 2. The van der Waals surface area contributed by atoms with Gasteiger partial charge in [0.2, 0.25) is 0 Å². The predicted octanol–water partition coefficient (Wildman–Crippen LogP) is 3.56. The third-order valence-electron chi connectivity index (χ3n) is 6.73. The minimum atomic E-state index is 0.192. The minimum absolute atomic E-state index is 0.192. The zero-order valence-electron chi connectivity index (χ0n) is 17.6. The molecule has 0 N–H and O–H groups in total. The van der Waals surface area contributed by atoms with Crippen molar-refractivity contribution in [1.29, 1.82) is 0 Å². The minimum Gasteiger partial charge on any atom is -0.373 e. The van der Waals surface area contributed by atoms with Crippen molar-refractivity contribution in [2.24, 2.45) is 0 Å². The van der Waals surface area contributed by atoms with E-state index in [1.165, 1.54) is 24.9 Å². The van der Waals surface area contributed by atoms with Crippen LogP contribution >= 0.6 is 0 Å².